The predicted octanol–water partition coefficient (Wildman–Crippen LogP) is 3.68. The first-order valence-electron chi connectivity index (χ1n) is 10.7. The fourth-order valence-corrected chi connectivity index (χ4v) is 3.50. The van der Waals surface area contributed by atoms with Gasteiger partial charge >= 0.3 is 0 Å². The third-order valence-electron chi connectivity index (χ3n) is 5.02. The summed E-state index contributed by atoms with van der Waals surface area (Å²) < 4.78 is 38.0. The summed E-state index contributed by atoms with van der Waals surface area (Å²) >= 11 is 0. The minimum absolute atomic E-state index is 0.115. The number of hydrogen-bond donors (Lipinski definition) is 2. The summed E-state index contributed by atoms with van der Waals surface area (Å²) in [5, 5.41) is 5.38. The van der Waals surface area contributed by atoms with Gasteiger partial charge in [0.2, 0.25) is 11.8 Å². The third-order valence-corrected chi connectivity index (χ3v) is 5.02. The van der Waals surface area contributed by atoms with Crippen LogP contribution in [0.5, 0.6) is 11.5 Å². The Morgan fingerprint density at radius 3 is 1.82 bits per heavy atom. The average molecular weight is 467 g/mol. The standard InChI is InChI=1S/C25H23F2N3O4/c26-17-5-9-19(10-6-17)28-24(31)14-30(15-25(32)29-20-11-7-18(27)8-12-20)13-21-16-33-22-3-1-2-4-23(22)34-21/h1-12,21H,13-16H2,(H,28,31)(H,29,32)/t21-/m1/s1. The molecule has 176 valence electrons. The third kappa shape index (κ3) is 6.52. The van der Waals surface area contributed by atoms with Gasteiger partial charge in [-0.1, -0.05) is 12.1 Å². The van der Waals surface area contributed by atoms with Crippen LogP contribution in [0.3, 0.4) is 0 Å². The minimum Gasteiger partial charge on any atom is -0.486 e. The minimum atomic E-state index is -0.410. The lowest BCUT2D eigenvalue weighted by Gasteiger charge is -2.30. The van der Waals surface area contributed by atoms with Gasteiger partial charge in [-0.25, -0.2) is 8.78 Å². The van der Waals surface area contributed by atoms with Gasteiger partial charge in [0.1, 0.15) is 24.3 Å². The lowest BCUT2D eigenvalue weighted by Crippen LogP contribution is -2.46. The second-order valence-corrected chi connectivity index (χ2v) is 7.78. The van der Waals surface area contributed by atoms with E-state index in [0.717, 1.165) is 0 Å². The zero-order valence-electron chi connectivity index (χ0n) is 18.2. The number of ether oxygens (including phenoxy) is 2. The number of carbonyl (C=O) groups excluding carboxylic acids is 2. The molecule has 7 nitrogen and oxygen atoms in total. The van der Waals surface area contributed by atoms with Crippen LogP contribution in [0.1, 0.15) is 0 Å². The molecule has 4 rings (SSSR count). The number of rotatable bonds is 8. The van der Waals surface area contributed by atoms with E-state index in [1.54, 1.807) is 17.0 Å². The highest BCUT2D eigenvalue weighted by Crippen LogP contribution is 2.31. The van der Waals surface area contributed by atoms with Crippen LogP contribution >= 0.6 is 0 Å². The summed E-state index contributed by atoms with van der Waals surface area (Å²) in [4.78, 5) is 26.9. The van der Waals surface area contributed by atoms with Crippen LogP contribution in [0, 0.1) is 11.6 Å². The van der Waals surface area contributed by atoms with Crippen molar-refractivity contribution >= 4 is 23.2 Å². The van der Waals surface area contributed by atoms with Gasteiger partial charge in [-0.3, -0.25) is 14.5 Å². The van der Waals surface area contributed by atoms with Crippen LogP contribution < -0.4 is 20.1 Å². The molecule has 0 radical (unpaired) electrons. The molecule has 9 heteroatoms. The highest BCUT2D eigenvalue weighted by molar-refractivity contribution is 5.94. The Balaban J connectivity index is 1.41. The highest BCUT2D eigenvalue weighted by atomic mass is 19.1. The van der Waals surface area contributed by atoms with Gasteiger partial charge in [0.15, 0.2) is 11.5 Å². The number of para-hydroxylation sites is 2. The fraction of sp³-hybridized carbons (Fsp3) is 0.200. The first kappa shape index (κ1) is 23.2. The number of hydrogen-bond acceptors (Lipinski definition) is 5. The Kier molecular flexibility index (Phi) is 7.34. The molecule has 0 saturated carbocycles. The lowest BCUT2D eigenvalue weighted by molar-refractivity contribution is -0.120. The number of halogens is 2. The molecule has 0 unspecified atom stereocenters. The van der Waals surface area contributed by atoms with E-state index < -0.39 is 17.7 Å². The van der Waals surface area contributed by atoms with Gasteiger partial charge in [0.25, 0.3) is 0 Å². The van der Waals surface area contributed by atoms with Crippen molar-refractivity contribution in [1.29, 1.82) is 0 Å². The Morgan fingerprint density at radius 2 is 1.29 bits per heavy atom. The van der Waals surface area contributed by atoms with E-state index in [1.165, 1.54) is 48.5 Å². The van der Waals surface area contributed by atoms with Gasteiger partial charge in [0, 0.05) is 17.9 Å². The van der Waals surface area contributed by atoms with Crippen molar-refractivity contribution in [2.45, 2.75) is 6.10 Å². The van der Waals surface area contributed by atoms with Crippen LogP contribution in [0.15, 0.2) is 72.8 Å². The van der Waals surface area contributed by atoms with E-state index in [9.17, 15) is 18.4 Å². The maximum Gasteiger partial charge on any atom is 0.238 e. The Morgan fingerprint density at radius 1 is 0.794 bits per heavy atom. The topological polar surface area (TPSA) is 79.9 Å². The first-order valence-corrected chi connectivity index (χ1v) is 10.7. The maximum absolute atomic E-state index is 13.1. The molecule has 0 bridgehead atoms. The molecule has 2 amide bonds. The number of fused-ring (bicyclic) bond motifs is 1. The number of nitrogens with zero attached hydrogens (tertiary/aromatic N) is 1. The zero-order chi connectivity index (χ0) is 23.9. The van der Waals surface area contributed by atoms with Crippen LogP contribution in [-0.2, 0) is 9.59 Å². The molecule has 1 heterocycles. The zero-order valence-corrected chi connectivity index (χ0v) is 18.2. The summed E-state index contributed by atoms with van der Waals surface area (Å²) in [5.41, 5.74) is 0.876. The van der Waals surface area contributed by atoms with Crippen molar-refractivity contribution in [2.75, 3.05) is 36.9 Å². The number of anilines is 2. The first-order chi connectivity index (χ1) is 16.4. The summed E-state index contributed by atoms with van der Waals surface area (Å²) in [7, 11) is 0. The van der Waals surface area contributed by atoms with E-state index >= 15 is 0 Å². The molecule has 0 spiro atoms. The number of nitrogens with one attached hydrogen (secondary N) is 2. The van der Waals surface area contributed by atoms with E-state index in [0.29, 0.717) is 22.9 Å². The molecule has 1 aliphatic heterocycles. The van der Waals surface area contributed by atoms with E-state index in [-0.39, 0.29) is 38.1 Å². The maximum atomic E-state index is 13.1. The molecule has 0 saturated heterocycles. The summed E-state index contributed by atoms with van der Waals surface area (Å²) in [6.45, 7) is 0.264. The van der Waals surface area contributed by atoms with Crippen molar-refractivity contribution in [3.05, 3.63) is 84.4 Å². The smallest absolute Gasteiger partial charge is 0.238 e. The summed E-state index contributed by atoms with van der Waals surface area (Å²) in [5.74, 6) is -0.353. The van der Waals surface area contributed by atoms with Crippen LogP contribution in [0.2, 0.25) is 0 Å². The number of carbonyl (C=O) groups is 2. The van der Waals surface area contributed by atoms with Gasteiger partial charge in [-0.05, 0) is 60.7 Å². The van der Waals surface area contributed by atoms with Gasteiger partial charge in [0.05, 0.1) is 13.1 Å². The fourth-order valence-electron chi connectivity index (χ4n) is 3.50. The SMILES string of the molecule is O=C(CN(CC(=O)Nc1ccc(F)cc1)C[C@@H]1COc2ccccc2O1)Nc1ccc(F)cc1. The van der Waals surface area contributed by atoms with Crippen molar-refractivity contribution in [2.24, 2.45) is 0 Å². The normalized spacial score (nSPS) is 14.5. The van der Waals surface area contributed by atoms with E-state index in [4.69, 9.17) is 9.47 Å². The largest absolute Gasteiger partial charge is 0.486 e. The van der Waals surface area contributed by atoms with E-state index in [1.807, 2.05) is 12.1 Å². The predicted molar refractivity (Wildman–Crippen MR) is 123 cm³/mol. The molecule has 0 aromatic heterocycles. The van der Waals surface area contributed by atoms with Crippen LogP contribution in [0.4, 0.5) is 20.2 Å². The lowest BCUT2D eigenvalue weighted by atomic mass is 10.2. The Bertz CT molecular complexity index is 1080. The molecule has 1 aliphatic rings. The van der Waals surface area contributed by atoms with Crippen molar-refractivity contribution in [3.8, 4) is 11.5 Å². The number of amides is 2. The molecular formula is C25H23F2N3O4. The molecule has 3 aromatic rings. The van der Waals surface area contributed by atoms with Gasteiger partial charge < -0.3 is 20.1 Å². The number of benzene rings is 3. The summed E-state index contributed by atoms with van der Waals surface area (Å²) in [6, 6.07) is 18.0. The highest BCUT2D eigenvalue weighted by Gasteiger charge is 2.25. The van der Waals surface area contributed by atoms with Crippen LogP contribution in [-0.4, -0.2) is 49.1 Å². The average Bonchev–Trinajstić information content (AvgIpc) is 2.82. The quantitative estimate of drug-likeness (QED) is 0.528. The summed E-state index contributed by atoms with van der Waals surface area (Å²) in [6.07, 6.45) is -0.410. The van der Waals surface area contributed by atoms with E-state index in [2.05, 4.69) is 10.6 Å². The van der Waals surface area contributed by atoms with Crippen LogP contribution in [0.25, 0.3) is 0 Å². The molecular weight excluding hydrogens is 444 g/mol. The van der Waals surface area contributed by atoms with Gasteiger partial charge in [-0.15, -0.1) is 0 Å². The Hall–Kier alpha value is -3.98. The molecule has 0 aliphatic carbocycles. The van der Waals surface area contributed by atoms with Crippen molar-refractivity contribution < 1.29 is 27.8 Å². The van der Waals surface area contributed by atoms with Crippen molar-refractivity contribution in [3.63, 3.8) is 0 Å². The monoisotopic (exact) mass is 467 g/mol. The molecule has 0 fully saturated rings. The molecule has 34 heavy (non-hydrogen) atoms. The molecule has 2 N–H and O–H groups in total. The van der Waals surface area contributed by atoms with Crippen molar-refractivity contribution in [1.82, 2.24) is 4.90 Å². The second-order valence-electron chi connectivity index (χ2n) is 7.78. The van der Waals surface area contributed by atoms with Gasteiger partial charge in [-0.2, -0.15) is 0 Å². The molecule has 1 atom stereocenters. The molecule has 3 aromatic carbocycles. The Labute approximate surface area is 195 Å². The second kappa shape index (κ2) is 10.8.